The lowest BCUT2D eigenvalue weighted by Crippen LogP contribution is -2.34. The standard InChI is InChI=1S/C33H46N2O3S/c1-4-5-6-7-8-9-10-11-12-13-14-15-23-38-32-25-30(37-3)20-21-31(32)34-33(36)29-18-16-28(17-19-29)26-35-22-24-39-27(35)2/h16-22,24-25H,4-15,23,26H2,1-3H3/p+1. The van der Waals surface area contributed by atoms with Gasteiger partial charge in [-0.1, -0.05) is 101 Å². The molecule has 1 heterocycles. The van der Waals surface area contributed by atoms with Gasteiger partial charge in [0.05, 0.1) is 24.8 Å². The Morgan fingerprint density at radius 2 is 1.51 bits per heavy atom. The number of carbonyl (C=O) groups is 1. The zero-order chi connectivity index (χ0) is 27.7. The number of nitrogens with one attached hydrogen (secondary N) is 1. The highest BCUT2D eigenvalue weighted by Gasteiger charge is 2.13. The van der Waals surface area contributed by atoms with Crippen molar-refractivity contribution in [2.24, 2.45) is 0 Å². The summed E-state index contributed by atoms with van der Waals surface area (Å²) in [5.74, 6) is 1.20. The summed E-state index contributed by atoms with van der Waals surface area (Å²) in [5, 5.41) is 6.37. The number of methoxy groups -OCH3 is 1. The molecule has 3 aromatic rings. The summed E-state index contributed by atoms with van der Waals surface area (Å²) >= 11 is 1.73. The van der Waals surface area contributed by atoms with E-state index < -0.39 is 0 Å². The molecule has 0 fully saturated rings. The number of aryl methyl sites for hydroxylation is 1. The van der Waals surface area contributed by atoms with E-state index in [2.05, 4.69) is 35.3 Å². The fourth-order valence-corrected chi connectivity index (χ4v) is 5.33. The van der Waals surface area contributed by atoms with Crippen LogP contribution in [-0.2, 0) is 6.54 Å². The number of hydrogen-bond acceptors (Lipinski definition) is 4. The molecular weight excluding hydrogens is 504 g/mol. The van der Waals surface area contributed by atoms with Crippen molar-refractivity contribution < 1.29 is 18.8 Å². The lowest BCUT2D eigenvalue weighted by Gasteiger charge is -2.14. The lowest BCUT2D eigenvalue weighted by molar-refractivity contribution is -0.689. The molecule has 0 radical (unpaired) electrons. The smallest absolute Gasteiger partial charge is 0.255 e. The van der Waals surface area contributed by atoms with Crippen LogP contribution < -0.4 is 19.4 Å². The molecular formula is C33H47N2O3S+. The molecule has 1 aromatic heterocycles. The number of amides is 1. The Bertz CT molecular complexity index is 1110. The minimum absolute atomic E-state index is 0.152. The van der Waals surface area contributed by atoms with Crippen LogP contribution in [0.5, 0.6) is 11.5 Å². The molecule has 3 rings (SSSR count). The molecule has 0 saturated heterocycles. The summed E-state index contributed by atoms with van der Waals surface area (Å²) in [7, 11) is 1.64. The number of thiazole rings is 1. The third-order valence-electron chi connectivity index (χ3n) is 7.15. The number of benzene rings is 2. The van der Waals surface area contributed by atoms with Gasteiger partial charge in [-0.3, -0.25) is 4.79 Å². The molecule has 0 aliphatic carbocycles. The van der Waals surface area contributed by atoms with Crippen molar-refractivity contribution in [2.75, 3.05) is 19.0 Å². The predicted octanol–water partition coefficient (Wildman–Crippen LogP) is 8.73. The summed E-state index contributed by atoms with van der Waals surface area (Å²) in [6.45, 7) is 5.81. The van der Waals surface area contributed by atoms with Crippen LogP contribution in [0.4, 0.5) is 5.69 Å². The van der Waals surface area contributed by atoms with E-state index in [0.717, 1.165) is 24.9 Å². The monoisotopic (exact) mass is 551 g/mol. The van der Waals surface area contributed by atoms with E-state index in [9.17, 15) is 4.79 Å². The van der Waals surface area contributed by atoms with Gasteiger partial charge >= 0.3 is 0 Å². The van der Waals surface area contributed by atoms with E-state index in [1.165, 1.54) is 69.2 Å². The van der Waals surface area contributed by atoms with Crippen LogP contribution in [0.1, 0.15) is 105 Å². The molecule has 2 aromatic carbocycles. The van der Waals surface area contributed by atoms with Gasteiger partial charge in [-0.15, -0.1) is 0 Å². The topological polar surface area (TPSA) is 51.4 Å². The third kappa shape index (κ3) is 11.0. The van der Waals surface area contributed by atoms with Crippen molar-refractivity contribution in [1.29, 1.82) is 0 Å². The van der Waals surface area contributed by atoms with Gasteiger partial charge in [-0.25, -0.2) is 0 Å². The first kappa shape index (κ1) is 30.7. The number of rotatable bonds is 19. The molecule has 0 aliphatic rings. The summed E-state index contributed by atoms with van der Waals surface area (Å²) in [5.41, 5.74) is 2.44. The number of unbranched alkanes of at least 4 members (excludes halogenated alkanes) is 11. The Hall–Kier alpha value is -2.86. The molecule has 0 bridgehead atoms. The van der Waals surface area contributed by atoms with E-state index in [1.54, 1.807) is 18.4 Å². The molecule has 0 aliphatic heterocycles. The molecule has 0 saturated carbocycles. The Morgan fingerprint density at radius 3 is 2.10 bits per heavy atom. The molecule has 5 nitrogen and oxygen atoms in total. The summed E-state index contributed by atoms with van der Waals surface area (Å²) < 4.78 is 13.7. The van der Waals surface area contributed by atoms with Crippen LogP contribution in [0.3, 0.4) is 0 Å². The average molecular weight is 552 g/mol. The maximum atomic E-state index is 13.0. The van der Waals surface area contributed by atoms with Crippen molar-refractivity contribution >= 4 is 22.9 Å². The van der Waals surface area contributed by atoms with Gasteiger partial charge in [0.2, 0.25) is 5.01 Å². The zero-order valence-corrected chi connectivity index (χ0v) is 25.0. The minimum Gasteiger partial charge on any atom is -0.497 e. The Kier molecular flexibility index (Phi) is 13.9. The number of hydrogen-bond donors (Lipinski definition) is 1. The number of ether oxygens (including phenoxy) is 2. The highest BCUT2D eigenvalue weighted by atomic mass is 32.1. The fraction of sp³-hybridized carbons (Fsp3) is 0.515. The van der Waals surface area contributed by atoms with E-state index in [1.807, 2.05) is 42.5 Å². The number of aromatic nitrogens is 1. The normalized spacial score (nSPS) is 10.9. The molecule has 0 spiro atoms. The quantitative estimate of drug-likeness (QED) is 0.120. The molecule has 39 heavy (non-hydrogen) atoms. The number of anilines is 1. The van der Waals surface area contributed by atoms with E-state index >= 15 is 0 Å². The van der Waals surface area contributed by atoms with Crippen LogP contribution in [-0.4, -0.2) is 19.6 Å². The molecule has 1 amide bonds. The van der Waals surface area contributed by atoms with Crippen molar-refractivity contribution in [2.45, 2.75) is 97.4 Å². The first-order valence-corrected chi connectivity index (χ1v) is 15.6. The molecule has 0 atom stereocenters. The Morgan fingerprint density at radius 1 is 0.872 bits per heavy atom. The molecule has 0 unspecified atom stereocenters. The lowest BCUT2D eigenvalue weighted by atomic mass is 10.1. The third-order valence-corrected chi connectivity index (χ3v) is 7.98. The van der Waals surface area contributed by atoms with Crippen molar-refractivity contribution in [3.05, 3.63) is 70.2 Å². The fourth-order valence-electron chi connectivity index (χ4n) is 4.67. The second kappa shape index (κ2) is 17.7. The number of carbonyl (C=O) groups excluding carboxylic acids is 1. The van der Waals surface area contributed by atoms with Crippen LogP contribution >= 0.6 is 11.3 Å². The van der Waals surface area contributed by atoms with Gasteiger partial charge in [0, 0.05) is 24.1 Å². The number of nitrogens with zero attached hydrogens (tertiary/aromatic N) is 1. The second-order valence-corrected chi connectivity index (χ2v) is 11.4. The highest BCUT2D eigenvalue weighted by Crippen LogP contribution is 2.30. The summed E-state index contributed by atoms with van der Waals surface area (Å²) in [4.78, 5) is 13.0. The van der Waals surface area contributed by atoms with Gasteiger partial charge in [0.15, 0.2) is 12.7 Å². The Balaban J connectivity index is 1.40. The molecule has 1 N–H and O–H groups in total. The minimum atomic E-state index is -0.152. The predicted molar refractivity (Wildman–Crippen MR) is 162 cm³/mol. The first-order chi connectivity index (χ1) is 19.1. The van der Waals surface area contributed by atoms with Crippen molar-refractivity contribution in [3.8, 4) is 11.5 Å². The maximum Gasteiger partial charge on any atom is 0.255 e. The van der Waals surface area contributed by atoms with Gasteiger partial charge in [0.25, 0.3) is 5.91 Å². The molecule has 6 heteroatoms. The highest BCUT2D eigenvalue weighted by molar-refractivity contribution is 7.09. The van der Waals surface area contributed by atoms with E-state index in [-0.39, 0.29) is 5.91 Å². The van der Waals surface area contributed by atoms with Crippen LogP contribution in [0.25, 0.3) is 0 Å². The van der Waals surface area contributed by atoms with Crippen LogP contribution in [0, 0.1) is 6.92 Å². The van der Waals surface area contributed by atoms with Gasteiger partial charge in [-0.2, -0.15) is 4.57 Å². The SMILES string of the molecule is CCCCCCCCCCCCCCOc1cc(OC)ccc1NC(=O)c1ccc(C[n+]2ccsc2C)cc1. The van der Waals surface area contributed by atoms with Crippen molar-refractivity contribution in [1.82, 2.24) is 0 Å². The van der Waals surface area contributed by atoms with Crippen LogP contribution in [0.2, 0.25) is 0 Å². The zero-order valence-electron chi connectivity index (χ0n) is 24.2. The van der Waals surface area contributed by atoms with Crippen molar-refractivity contribution in [3.63, 3.8) is 0 Å². The van der Waals surface area contributed by atoms with E-state index in [4.69, 9.17) is 9.47 Å². The average Bonchev–Trinajstić information content (AvgIpc) is 3.36. The van der Waals surface area contributed by atoms with Gasteiger partial charge in [0.1, 0.15) is 11.5 Å². The maximum absolute atomic E-state index is 13.0. The first-order valence-electron chi connectivity index (χ1n) is 14.8. The largest absolute Gasteiger partial charge is 0.497 e. The second-order valence-electron chi connectivity index (χ2n) is 10.3. The molecule has 212 valence electrons. The van der Waals surface area contributed by atoms with Gasteiger partial charge < -0.3 is 14.8 Å². The van der Waals surface area contributed by atoms with Crippen LogP contribution in [0.15, 0.2) is 54.0 Å². The summed E-state index contributed by atoms with van der Waals surface area (Å²) in [6, 6.07) is 13.3. The van der Waals surface area contributed by atoms with E-state index in [0.29, 0.717) is 29.4 Å². The summed E-state index contributed by atoms with van der Waals surface area (Å²) in [6.07, 6.45) is 17.8. The Labute approximate surface area is 239 Å². The van der Waals surface area contributed by atoms with Gasteiger partial charge in [-0.05, 0) is 30.7 Å².